The first-order valence-electron chi connectivity index (χ1n) is 4.32. The molecule has 0 aromatic heterocycles. The van der Waals surface area contributed by atoms with Crippen molar-refractivity contribution in [2.45, 2.75) is 24.9 Å². The minimum absolute atomic E-state index is 0.289. The lowest BCUT2D eigenvalue weighted by Crippen LogP contribution is -2.52. The fourth-order valence-corrected chi connectivity index (χ4v) is 1.59. The Hall–Kier alpha value is -0.740. The molecule has 1 saturated heterocycles. The first-order chi connectivity index (χ1) is 6.88. The molecular formula is C6H13N3O5S. The zero-order valence-corrected chi connectivity index (χ0v) is 8.66. The van der Waals surface area contributed by atoms with Gasteiger partial charge in [-0.25, -0.2) is 0 Å². The summed E-state index contributed by atoms with van der Waals surface area (Å²) in [5.41, 5.74) is 7.24. The van der Waals surface area contributed by atoms with Crippen LogP contribution in [0, 0.1) is 0 Å². The third kappa shape index (κ3) is 4.53. The van der Waals surface area contributed by atoms with Gasteiger partial charge in [0.25, 0.3) is 0 Å². The van der Waals surface area contributed by atoms with Crippen LogP contribution in [0.15, 0.2) is 0 Å². The summed E-state index contributed by atoms with van der Waals surface area (Å²) >= 11 is 0. The van der Waals surface area contributed by atoms with Crippen molar-refractivity contribution in [1.82, 2.24) is 10.8 Å². The summed E-state index contributed by atoms with van der Waals surface area (Å²) in [6.07, 6.45) is 1.01. The van der Waals surface area contributed by atoms with Crippen molar-refractivity contribution in [3.63, 3.8) is 0 Å². The Labute approximate surface area is 87.1 Å². The topological polar surface area (TPSA) is 131 Å². The third-order valence-corrected chi connectivity index (χ3v) is 2.38. The van der Waals surface area contributed by atoms with E-state index in [1.54, 1.807) is 0 Å². The quantitative estimate of drug-likeness (QED) is 0.327. The molecule has 0 radical (unpaired) electrons. The van der Waals surface area contributed by atoms with Crippen LogP contribution in [0.3, 0.4) is 0 Å². The number of hydrogen-bond acceptors (Lipinski definition) is 6. The number of rotatable bonds is 4. The molecule has 9 heteroatoms. The maximum absolute atomic E-state index is 10.8. The maximum atomic E-state index is 10.8. The Balaban J connectivity index is 2.29. The van der Waals surface area contributed by atoms with Gasteiger partial charge >= 0.3 is 10.4 Å². The summed E-state index contributed by atoms with van der Waals surface area (Å²) in [4.78, 5) is 10.8. The van der Waals surface area contributed by atoms with E-state index in [0.29, 0.717) is 19.4 Å². The molecule has 0 unspecified atom stereocenters. The minimum atomic E-state index is -4.48. The molecule has 1 rings (SSSR count). The highest BCUT2D eigenvalue weighted by Crippen LogP contribution is 2.07. The number of nitrogens with one attached hydrogen (secondary N) is 2. The van der Waals surface area contributed by atoms with Gasteiger partial charge in [0.1, 0.15) is 0 Å². The van der Waals surface area contributed by atoms with Gasteiger partial charge in [-0.2, -0.15) is 18.2 Å². The predicted molar refractivity (Wildman–Crippen MR) is 49.8 cm³/mol. The highest BCUT2D eigenvalue weighted by atomic mass is 32.3. The van der Waals surface area contributed by atoms with E-state index in [4.69, 9.17) is 10.3 Å². The van der Waals surface area contributed by atoms with Crippen LogP contribution in [0.2, 0.25) is 0 Å². The molecule has 1 aliphatic heterocycles. The molecule has 1 aliphatic rings. The molecule has 88 valence electrons. The molecule has 5 N–H and O–H groups in total. The smallest absolute Gasteiger partial charge is 0.368 e. The van der Waals surface area contributed by atoms with E-state index in [9.17, 15) is 13.2 Å². The van der Waals surface area contributed by atoms with Crippen LogP contribution in [0.25, 0.3) is 0 Å². The number of hydroxylamine groups is 1. The largest absolute Gasteiger partial charge is 0.413 e. The number of carbonyl (C=O) groups is 1. The normalized spacial score (nSPS) is 27.5. The fourth-order valence-electron chi connectivity index (χ4n) is 1.33. The van der Waals surface area contributed by atoms with E-state index in [1.165, 1.54) is 0 Å². The average molecular weight is 239 g/mol. The van der Waals surface area contributed by atoms with Crippen molar-refractivity contribution < 1.29 is 22.0 Å². The standard InChI is InChI=1S/C6H13N3O5S/c7-6(10)5-2-1-4(3-8-5)9-14-15(11,12)13/h4-5,8-9H,1-3H2,(H2,7,10)(H,11,12,13)/t4-,5+/m1/s1. The predicted octanol–water partition coefficient (Wildman–Crippen LogP) is -2.08. The molecule has 0 aliphatic carbocycles. The molecular weight excluding hydrogens is 226 g/mol. The van der Waals surface area contributed by atoms with E-state index in [2.05, 4.69) is 15.1 Å². The number of hydrogen-bond donors (Lipinski definition) is 4. The van der Waals surface area contributed by atoms with Gasteiger partial charge in [0, 0.05) is 12.6 Å². The van der Waals surface area contributed by atoms with E-state index < -0.39 is 22.3 Å². The minimum Gasteiger partial charge on any atom is -0.368 e. The van der Waals surface area contributed by atoms with E-state index in [0.717, 1.165) is 0 Å². The molecule has 0 aromatic rings. The molecule has 15 heavy (non-hydrogen) atoms. The second kappa shape index (κ2) is 4.86. The van der Waals surface area contributed by atoms with Crippen molar-refractivity contribution in [2.75, 3.05) is 6.54 Å². The summed E-state index contributed by atoms with van der Waals surface area (Å²) in [5, 5.41) is 2.81. The van der Waals surface area contributed by atoms with E-state index in [1.807, 2.05) is 0 Å². The van der Waals surface area contributed by atoms with Crippen molar-refractivity contribution in [3.05, 3.63) is 0 Å². The van der Waals surface area contributed by atoms with Crippen LogP contribution < -0.4 is 16.5 Å². The Bertz CT molecular complexity index is 322. The summed E-state index contributed by atoms with van der Waals surface area (Å²) < 4.78 is 32.7. The molecule has 8 nitrogen and oxygen atoms in total. The fraction of sp³-hybridized carbons (Fsp3) is 0.833. The van der Waals surface area contributed by atoms with Crippen molar-refractivity contribution >= 4 is 16.3 Å². The van der Waals surface area contributed by atoms with Gasteiger partial charge < -0.3 is 11.1 Å². The summed E-state index contributed by atoms with van der Waals surface area (Å²) in [6, 6.07) is -0.684. The lowest BCUT2D eigenvalue weighted by atomic mass is 10.0. The van der Waals surface area contributed by atoms with E-state index in [-0.39, 0.29) is 6.04 Å². The van der Waals surface area contributed by atoms with Gasteiger partial charge in [-0.15, -0.1) is 0 Å². The first kappa shape index (κ1) is 12.3. The van der Waals surface area contributed by atoms with Crippen molar-refractivity contribution in [2.24, 2.45) is 5.73 Å². The zero-order valence-electron chi connectivity index (χ0n) is 7.84. The Morgan fingerprint density at radius 1 is 1.53 bits per heavy atom. The number of amides is 1. The molecule has 1 heterocycles. The highest BCUT2D eigenvalue weighted by Gasteiger charge is 2.24. The average Bonchev–Trinajstić information content (AvgIpc) is 2.14. The second-order valence-electron chi connectivity index (χ2n) is 3.27. The van der Waals surface area contributed by atoms with Crippen molar-refractivity contribution in [3.8, 4) is 0 Å². The highest BCUT2D eigenvalue weighted by molar-refractivity contribution is 7.80. The zero-order chi connectivity index (χ0) is 11.5. The molecule has 0 saturated carbocycles. The lowest BCUT2D eigenvalue weighted by Gasteiger charge is -2.27. The van der Waals surface area contributed by atoms with Gasteiger partial charge in [-0.1, -0.05) is 0 Å². The molecule has 0 bridgehead atoms. The SMILES string of the molecule is NC(=O)[C@@H]1CC[C@@H](NOS(=O)(=O)O)CN1. The van der Waals surface area contributed by atoms with Gasteiger partial charge in [0.05, 0.1) is 6.04 Å². The summed E-state index contributed by atoms with van der Waals surface area (Å²) in [7, 11) is -4.48. The van der Waals surface area contributed by atoms with Gasteiger partial charge in [0.2, 0.25) is 5.91 Å². The number of primary amides is 1. The molecule has 2 atom stereocenters. The number of nitrogens with two attached hydrogens (primary N) is 1. The van der Waals surface area contributed by atoms with Crippen LogP contribution in [0.1, 0.15) is 12.8 Å². The van der Waals surface area contributed by atoms with Gasteiger partial charge in [-0.3, -0.25) is 9.35 Å². The molecule has 0 aromatic carbocycles. The van der Waals surface area contributed by atoms with Gasteiger partial charge in [-0.05, 0) is 12.8 Å². The lowest BCUT2D eigenvalue weighted by molar-refractivity contribution is -0.120. The third-order valence-electron chi connectivity index (χ3n) is 2.08. The first-order valence-corrected chi connectivity index (χ1v) is 5.69. The molecule has 1 fully saturated rings. The van der Waals surface area contributed by atoms with Crippen LogP contribution >= 0.6 is 0 Å². The number of carbonyl (C=O) groups excluding carboxylic acids is 1. The monoisotopic (exact) mass is 239 g/mol. The van der Waals surface area contributed by atoms with E-state index >= 15 is 0 Å². The Kier molecular flexibility index (Phi) is 3.99. The van der Waals surface area contributed by atoms with Crippen LogP contribution in [0.4, 0.5) is 0 Å². The summed E-state index contributed by atoms with van der Waals surface area (Å²) in [6.45, 7) is 0.336. The van der Waals surface area contributed by atoms with Crippen molar-refractivity contribution in [1.29, 1.82) is 0 Å². The van der Waals surface area contributed by atoms with Crippen LogP contribution in [-0.4, -0.2) is 37.5 Å². The molecule has 0 spiro atoms. The second-order valence-corrected chi connectivity index (χ2v) is 4.29. The van der Waals surface area contributed by atoms with Crippen LogP contribution in [-0.2, 0) is 19.5 Å². The Morgan fingerprint density at radius 2 is 2.20 bits per heavy atom. The van der Waals surface area contributed by atoms with Crippen LogP contribution in [0.5, 0.6) is 0 Å². The Morgan fingerprint density at radius 3 is 2.60 bits per heavy atom. The maximum Gasteiger partial charge on any atom is 0.413 e. The summed E-state index contributed by atoms with van der Waals surface area (Å²) in [5.74, 6) is -0.441. The van der Waals surface area contributed by atoms with Gasteiger partial charge in [0.15, 0.2) is 0 Å². The number of piperidine rings is 1. The molecule has 1 amide bonds.